The first-order valence-corrected chi connectivity index (χ1v) is 7.27. The summed E-state index contributed by atoms with van der Waals surface area (Å²) in [5.74, 6) is 0.275. The molecule has 0 aliphatic heterocycles. The number of rotatable bonds is 3. The predicted octanol–water partition coefficient (Wildman–Crippen LogP) is 1.88. The molecule has 7 heteroatoms. The van der Waals surface area contributed by atoms with Crippen LogP contribution in [0.2, 0.25) is 0 Å². The Balaban J connectivity index is 1.99. The molecule has 0 bridgehead atoms. The van der Waals surface area contributed by atoms with Crippen molar-refractivity contribution in [1.82, 2.24) is 25.1 Å². The van der Waals surface area contributed by atoms with Gasteiger partial charge >= 0.3 is 0 Å². The number of nitrogens with two attached hydrogens (primary N) is 1. The van der Waals surface area contributed by atoms with Crippen molar-refractivity contribution >= 4 is 11.7 Å². The normalized spacial score (nSPS) is 10.4. The number of hydrogen-bond acceptors (Lipinski definition) is 6. The zero-order chi connectivity index (χ0) is 17.1. The lowest BCUT2D eigenvalue weighted by molar-refractivity contribution is 0.0827. The molecule has 0 radical (unpaired) electrons. The highest BCUT2D eigenvalue weighted by Gasteiger charge is 2.11. The molecule has 0 atom stereocenters. The van der Waals surface area contributed by atoms with Crippen LogP contribution in [0.25, 0.3) is 22.4 Å². The van der Waals surface area contributed by atoms with E-state index in [9.17, 15) is 4.79 Å². The van der Waals surface area contributed by atoms with Gasteiger partial charge < -0.3 is 10.6 Å². The smallest absolute Gasteiger partial charge is 0.254 e. The third-order valence-corrected chi connectivity index (χ3v) is 3.53. The van der Waals surface area contributed by atoms with E-state index >= 15 is 0 Å². The lowest BCUT2D eigenvalue weighted by Gasteiger charge is -2.11. The van der Waals surface area contributed by atoms with Crippen LogP contribution in [0.4, 0.5) is 5.82 Å². The van der Waals surface area contributed by atoms with Gasteiger partial charge in [-0.2, -0.15) is 10.2 Å². The molecule has 0 aromatic carbocycles. The lowest BCUT2D eigenvalue weighted by atomic mass is 10.1. The predicted molar refractivity (Wildman–Crippen MR) is 90.9 cm³/mol. The summed E-state index contributed by atoms with van der Waals surface area (Å²) in [6.45, 7) is 0. The van der Waals surface area contributed by atoms with Crippen LogP contribution < -0.4 is 5.73 Å². The number of hydrogen-bond donors (Lipinski definition) is 1. The molecule has 3 heterocycles. The van der Waals surface area contributed by atoms with E-state index < -0.39 is 0 Å². The van der Waals surface area contributed by atoms with Crippen molar-refractivity contribution in [3.63, 3.8) is 0 Å². The molecule has 3 aromatic rings. The van der Waals surface area contributed by atoms with Gasteiger partial charge in [0, 0.05) is 43.2 Å². The van der Waals surface area contributed by atoms with E-state index in [2.05, 4.69) is 20.2 Å². The minimum Gasteiger partial charge on any atom is -0.383 e. The van der Waals surface area contributed by atoms with Gasteiger partial charge in [-0.05, 0) is 24.3 Å². The number of pyridine rings is 2. The largest absolute Gasteiger partial charge is 0.383 e. The van der Waals surface area contributed by atoms with Crippen molar-refractivity contribution in [1.29, 1.82) is 0 Å². The Morgan fingerprint density at radius 3 is 2.46 bits per heavy atom. The Morgan fingerprint density at radius 1 is 1.00 bits per heavy atom. The van der Waals surface area contributed by atoms with Crippen molar-refractivity contribution in [3.8, 4) is 22.4 Å². The van der Waals surface area contributed by atoms with Crippen molar-refractivity contribution in [2.24, 2.45) is 0 Å². The summed E-state index contributed by atoms with van der Waals surface area (Å²) in [4.78, 5) is 22.0. The van der Waals surface area contributed by atoms with Crippen LogP contribution >= 0.6 is 0 Å². The second-order valence-corrected chi connectivity index (χ2v) is 5.42. The van der Waals surface area contributed by atoms with Crippen LogP contribution in [0, 0.1) is 0 Å². The van der Waals surface area contributed by atoms with Gasteiger partial charge in [0.05, 0.1) is 23.7 Å². The number of amides is 1. The van der Waals surface area contributed by atoms with Crippen LogP contribution in [0.1, 0.15) is 10.4 Å². The fraction of sp³-hybridized carbons (Fsp3) is 0.118. The van der Waals surface area contributed by atoms with Gasteiger partial charge in [-0.25, -0.2) is 4.98 Å². The minimum absolute atomic E-state index is 0.100. The quantitative estimate of drug-likeness (QED) is 0.791. The second kappa shape index (κ2) is 6.41. The van der Waals surface area contributed by atoms with Crippen LogP contribution in [0.5, 0.6) is 0 Å². The zero-order valence-electron chi connectivity index (χ0n) is 13.3. The van der Waals surface area contributed by atoms with Crippen LogP contribution in [-0.2, 0) is 0 Å². The highest BCUT2D eigenvalue weighted by atomic mass is 16.2. The van der Waals surface area contributed by atoms with E-state index in [1.54, 1.807) is 44.8 Å². The molecule has 0 unspecified atom stereocenters. The molecule has 0 spiro atoms. The number of aromatic nitrogens is 4. The number of carbonyl (C=O) groups is 1. The topological polar surface area (TPSA) is 97.9 Å². The maximum absolute atomic E-state index is 11.9. The Labute approximate surface area is 139 Å². The van der Waals surface area contributed by atoms with E-state index in [1.807, 2.05) is 12.1 Å². The van der Waals surface area contributed by atoms with E-state index in [4.69, 9.17) is 5.73 Å². The monoisotopic (exact) mass is 320 g/mol. The van der Waals surface area contributed by atoms with Crippen molar-refractivity contribution in [2.75, 3.05) is 19.8 Å². The Kier molecular flexibility index (Phi) is 4.15. The maximum Gasteiger partial charge on any atom is 0.254 e. The summed E-state index contributed by atoms with van der Waals surface area (Å²) in [6, 6.07) is 7.23. The third kappa shape index (κ3) is 3.05. The molecule has 0 aliphatic rings. The number of anilines is 1. The van der Waals surface area contributed by atoms with Gasteiger partial charge in [0.15, 0.2) is 0 Å². The van der Waals surface area contributed by atoms with E-state index in [1.165, 1.54) is 11.1 Å². The molecule has 1 amide bonds. The number of nitrogen functional groups attached to an aromatic ring is 1. The molecule has 0 fully saturated rings. The molecule has 0 saturated carbocycles. The average molecular weight is 320 g/mol. The molecule has 3 rings (SSSR count). The van der Waals surface area contributed by atoms with E-state index in [0.717, 1.165) is 11.1 Å². The molecular formula is C17H16N6O. The standard InChI is InChI=1S/C17H16N6O/c1-23(2)17(24)12-3-4-15(19-8-12)14-7-13(9-20-16(14)18)11-5-6-21-22-10-11/h3-10H,1-2H3,(H2,18,20). The SMILES string of the molecule is CN(C)C(=O)c1ccc(-c2cc(-c3ccnnc3)cnc2N)nc1. The summed E-state index contributed by atoms with van der Waals surface area (Å²) in [7, 11) is 3.40. The lowest BCUT2D eigenvalue weighted by Crippen LogP contribution is -2.21. The van der Waals surface area contributed by atoms with E-state index in [-0.39, 0.29) is 5.91 Å². The first-order valence-electron chi connectivity index (χ1n) is 7.27. The average Bonchev–Trinajstić information content (AvgIpc) is 2.62. The van der Waals surface area contributed by atoms with Crippen LogP contribution in [0.15, 0.2) is 49.1 Å². The summed E-state index contributed by atoms with van der Waals surface area (Å²) >= 11 is 0. The Bertz CT molecular complexity index is 862. The van der Waals surface area contributed by atoms with Gasteiger partial charge in [-0.15, -0.1) is 0 Å². The van der Waals surface area contributed by atoms with Gasteiger partial charge in [0.1, 0.15) is 5.82 Å². The molecule has 2 N–H and O–H groups in total. The summed E-state index contributed by atoms with van der Waals surface area (Å²) < 4.78 is 0. The van der Waals surface area contributed by atoms with Crippen molar-refractivity contribution in [3.05, 3.63) is 54.6 Å². The first-order chi connectivity index (χ1) is 11.6. The molecule has 7 nitrogen and oxygen atoms in total. The fourth-order valence-electron chi connectivity index (χ4n) is 2.24. The van der Waals surface area contributed by atoms with Gasteiger partial charge in [0.25, 0.3) is 5.91 Å². The zero-order valence-corrected chi connectivity index (χ0v) is 13.3. The maximum atomic E-state index is 11.9. The molecule has 3 aromatic heterocycles. The Morgan fingerprint density at radius 2 is 1.83 bits per heavy atom. The third-order valence-electron chi connectivity index (χ3n) is 3.53. The molecule has 120 valence electrons. The van der Waals surface area contributed by atoms with Crippen molar-refractivity contribution in [2.45, 2.75) is 0 Å². The van der Waals surface area contributed by atoms with Crippen molar-refractivity contribution < 1.29 is 4.79 Å². The van der Waals surface area contributed by atoms with Gasteiger partial charge in [-0.3, -0.25) is 9.78 Å². The molecule has 24 heavy (non-hydrogen) atoms. The number of carbonyl (C=O) groups excluding carboxylic acids is 1. The summed E-state index contributed by atoms with van der Waals surface area (Å²) in [5, 5.41) is 7.63. The second-order valence-electron chi connectivity index (χ2n) is 5.42. The highest BCUT2D eigenvalue weighted by molar-refractivity contribution is 5.94. The van der Waals surface area contributed by atoms with E-state index in [0.29, 0.717) is 22.6 Å². The molecular weight excluding hydrogens is 304 g/mol. The van der Waals surface area contributed by atoms with Crippen LogP contribution in [0.3, 0.4) is 0 Å². The minimum atomic E-state index is -0.100. The van der Waals surface area contributed by atoms with Gasteiger partial charge in [0.2, 0.25) is 0 Å². The van der Waals surface area contributed by atoms with Crippen LogP contribution in [-0.4, -0.2) is 45.1 Å². The fourth-order valence-corrected chi connectivity index (χ4v) is 2.24. The molecule has 0 saturated heterocycles. The highest BCUT2D eigenvalue weighted by Crippen LogP contribution is 2.28. The van der Waals surface area contributed by atoms with Gasteiger partial charge in [-0.1, -0.05) is 0 Å². The number of nitrogens with zero attached hydrogens (tertiary/aromatic N) is 5. The Hall–Kier alpha value is -3.35. The summed E-state index contributed by atoms with van der Waals surface area (Å²) in [6.07, 6.45) is 6.49. The first kappa shape index (κ1) is 15.5. The molecule has 0 aliphatic carbocycles. The summed E-state index contributed by atoms with van der Waals surface area (Å²) in [5.41, 5.74) is 9.62.